The van der Waals surface area contributed by atoms with Crippen LogP contribution >= 0.6 is 0 Å². The van der Waals surface area contributed by atoms with Gasteiger partial charge in [0.2, 0.25) is 11.8 Å². The van der Waals surface area contributed by atoms with E-state index in [2.05, 4.69) is 0 Å². The minimum atomic E-state index is -0.640. The summed E-state index contributed by atoms with van der Waals surface area (Å²) in [6, 6.07) is 5.99. The van der Waals surface area contributed by atoms with Crippen molar-refractivity contribution in [2.75, 3.05) is 4.90 Å². The molecule has 108 valence electrons. The number of carbonyl (C=O) groups is 3. The van der Waals surface area contributed by atoms with Crippen molar-refractivity contribution in [3.63, 3.8) is 0 Å². The topological polar surface area (TPSA) is 86.7 Å². The van der Waals surface area contributed by atoms with Crippen molar-refractivity contribution in [1.29, 1.82) is 0 Å². The van der Waals surface area contributed by atoms with Crippen LogP contribution in [0, 0.1) is 11.8 Å². The van der Waals surface area contributed by atoms with Gasteiger partial charge in [0.25, 0.3) is 5.91 Å². The molecule has 1 aromatic rings. The fraction of sp³-hybridized carbons (Fsp3) is 0.267. The molecule has 0 bridgehead atoms. The van der Waals surface area contributed by atoms with Crippen molar-refractivity contribution in [3.05, 3.63) is 42.0 Å². The van der Waals surface area contributed by atoms with Gasteiger partial charge in [-0.3, -0.25) is 24.5 Å². The molecule has 1 aromatic carbocycles. The molecule has 0 radical (unpaired) electrons. The third-order valence-electron chi connectivity index (χ3n) is 4.00. The molecule has 6 heteroatoms. The molecule has 1 aliphatic carbocycles. The third kappa shape index (κ3) is 2.13. The highest BCUT2D eigenvalue weighted by molar-refractivity contribution is 6.22. The Kier molecular flexibility index (Phi) is 3.31. The molecular formula is C15H14N2O4. The van der Waals surface area contributed by atoms with E-state index in [1.165, 1.54) is 34.6 Å². The summed E-state index contributed by atoms with van der Waals surface area (Å²) in [7, 11) is 0. The Hall–Kier alpha value is -2.47. The van der Waals surface area contributed by atoms with Crippen LogP contribution in [0.3, 0.4) is 0 Å². The average molecular weight is 286 g/mol. The number of nitrogens with one attached hydrogen (secondary N) is 1. The first-order valence-electron chi connectivity index (χ1n) is 6.71. The van der Waals surface area contributed by atoms with Crippen molar-refractivity contribution in [2.24, 2.45) is 11.8 Å². The zero-order valence-corrected chi connectivity index (χ0v) is 11.2. The van der Waals surface area contributed by atoms with Crippen molar-refractivity contribution in [3.8, 4) is 0 Å². The van der Waals surface area contributed by atoms with E-state index in [-0.39, 0.29) is 29.2 Å². The van der Waals surface area contributed by atoms with Crippen molar-refractivity contribution in [2.45, 2.75) is 12.8 Å². The first-order chi connectivity index (χ1) is 10.1. The smallest absolute Gasteiger partial charge is 0.274 e. The Morgan fingerprint density at radius 3 is 2.05 bits per heavy atom. The van der Waals surface area contributed by atoms with Crippen LogP contribution in [0.25, 0.3) is 0 Å². The highest BCUT2D eigenvalue weighted by atomic mass is 16.5. The van der Waals surface area contributed by atoms with Gasteiger partial charge in [-0.25, -0.2) is 5.48 Å². The molecule has 1 aliphatic heterocycles. The Balaban J connectivity index is 1.89. The van der Waals surface area contributed by atoms with Crippen LogP contribution in [0.1, 0.15) is 23.2 Å². The average Bonchev–Trinajstić information content (AvgIpc) is 2.79. The summed E-state index contributed by atoms with van der Waals surface area (Å²) in [6.07, 6.45) is 5.06. The fourth-order valence-electron chi connectivity index (χ4n) is 2.88. The first kappa shape index (κ1) is 13.5. The molecule has 2 atom stereocenters. The maximum atomic E-state index is 12.4. The van der Waals surface area contributed by atoms with E-state index in [1.54, 1.807) is 0 Å². The minimum Gasteiger partial charge on any atom is -0.288 e. The number of anilines is 1. The van der Waals surface area contributed by atoms with E-state index in [4.69, 9.17) is 5.21 Å². The van der Waals surface area contributed by atoms with Crippen molar-refractivity contribution in [1.82, 2.24) is 5.48 Å². The second kappa shape index (κ2) is 5.14. The molecule has 6 nitrogen and oxygen atoms in total. The van der Waals surface area contributed by atoms with Gasteiger partial charge in [-0.15, -0.1) is 0 Å². The lowest BCUT2D eigenvalue weighted by molar-refractivity contribution is -0.122. The Morgan fingerprint density at radius 1 is 1.05 bits per heavy atom. The van der Waals surface area contributed by atoms with Gasteiger partial charge in [-0.05, 0) is 37.1 Å². The van der Waals surface area contributed by atoms with Gasteiger partial charge in [0, 0.05) is 5.56 Å². The molecule has 0 saturated carbocycles. The Bertz CT molecular complexity index is 610. The van der Waals surface area contributed by atoms with Crippen molar-refractivity contribution < 1.29 is 19.6 Å². The van der Waals surface area contributed by atoms with Gasteiger partial charge in [0.15, 0.2) is 0 Å². The molecule has 0 aromatic heterocycles. The molecule has 3 rings (SSSR count). The van der Waals surface area contributed by atoms with Crippen LogP contribution in [0.4, 0.5) is 5.69 Å². The molecule has 1 fully saturated rings. The summed E-state index contributed by atoms with van der Waals surface area (Å²) < 4.78 is 0. The minimum absolute atomic E-state index is 0.186. The van der Waals surface area contributed by atoms with E-state index in [9.17, 15) is 14.4 Å². The molecule has 0 unspecified atom stereocenters. The number of rotatable bonds is 2. The molecule has 2 N–H and O–H groups in total. The van der Waals surface area contributed by atoms with Crippen molar-refractivity contribution >= 4 is 23.4 Å². The standard InChI is InChI=1S/C15H14N2O4/c18-13(16-21)9-5-7-10(8-6-9)17-14(19)11-3-1-2-4-12(11)15(17)20/h1-2,5-8,11-12,21H,3-4H2,(H,16,18)/t11-,12+. The van der Waals surface area contributed by atoms with Gasteiger partial charge < -0.3 is 0 Å². The largest absolute Gasteiger partial charge is 0.288 e. The molecule has 1 saturated heterocycles. The number of hydroxylamine groups is 1. The van der Waals surface area contributed by atoms with E-state index in [0.717, 1.165) is 0 Å². The fourth-order valence-corrected chi connectivity index (χ4v) is 2.88. The van der Waals surface area contributed by atoms with Crippen LogP contribution in [0.2, 0.25) is 0 Å². The zero-order chi connectivity index (χ0) is 15.0. The molecule has 0 spiro atoms. The second-order valence-corrected chi connectivity index (χ2v) is 5.16. The lowest BCUT2D eigenvalue weighted by Crippen LogP contribution is -2.31. The van der Waals surface area contributed by atoms with Crippen LogP contribution < -0.4 is 10.4 Å². The van der Waals surface area contributed by atoms with E-state index in [1.807, 2.05) is 12.2 Å². The first-order valence-corrected chi connectivity index (χ1v) is 6.71. The maximum Gasteiger partial charge on any atom is 0.274 e. The number of benzene rings is 1. The Morgan fingerprint density at radius 2 is 1.57 bits per heavy atom. The summed E-state index contributed by atoms with van der Waals surface area (Å²) >= 11 is 0. The monoisotopic (exact) mass is 286 g/mol. The third-order valence-corrected chi connectivity index (χ3v) is 4.00. The number of amides is 3. The van der Waals surface area contributed by atoms with E-state index < -0.39 is 5.91 Å². The Labute approximate surface area is 121 Å². The van der Waals surface area contributed by atoms with Gasteiger partial charge in [0.05, 0.1) is 17.5 Å². The lowest BCUT2D eigenvalue weighted by Gasteiger charge is -2.15. The predicted octanol–water partition coefficient (Wildman–Crippen LogP) is 1.26. The quantitative estimate of drug-likeness (QED) is 0.371. The van der Waals surface area contributed by atoms with Gasteiger partial charge in [-0.2, -0.15) is 0 Å². The number of nitrogens with zero attached hydrogens (tertiary/aromatic N) is 1. The van der Waals surface area contributed by atoms with Crippen LogP contribution in [0.15, 0.2) is 36.4 Å². The van der Waals surface area contributed by atoms with E-state index in [0.29, 0.717) is 18.5 Å². The predicted molar refractivity (Wildman–Crippen MR) is 73.5 cm³/mol. The number of hydrogen-bond donors (Lipinski definition) is 2. The lowest BCUT2D eigenvalue weighted by atomic mass is 9.85. The van der Waals surface area contributed by atoms with Crippen LogP contribution in [-0.4, -0.2) is 22.9 Å². The van der Waals surface area contributed by atoms with Gasteiger partial charge in [-0.1, -0.05) is 12.2 Å². The van der Waals surface area contributed by atoms with Crippen LogP contribution in [-0.2, 0) is 9.59 Å². The number of imide groups is 1. The molecule has 3 amide bonds. The normalized spacial score (nSPS) is 24.1. The molecule has 21 heavy (non-hydrogen) atoms. The SMILES string of the molecule is O=C(NO)c1ccc(N2C(=O)[C@H]3CC=CC[C@H]3C2=O)cc1. The number of carbonyl (C=O) groups excluding carboxylic acids is 3. The van der Waals surface area contributed by atoms with Gasteiger partial charge in [0.1, 0.15) is 0 Å². The summed E-state index contributed by atoms with van der Waals surface area (Å²) in [5, 5.41) is 8.57. The summed E-state index contributed by atoms with van der Waals surface area (Å²) in [5.74, 6) is -1.56. The molecule has 1 heterocycles. The highest BCUT2D eigenvalue weighted by Gasteiger charge is 2.47. The molecular weight excluding hydrogens is 272 g/mol. The van der Waals surface area contributed by atoms with E-state index >= 15 is 0 Å². The number of allylic oxidation sites excluding steroid dienone is 2. The van der Waals surface area contributed by atoms with Crippen LogP contribution in [0.5, 0.6) is 0 Å². The summed E-state index contributed by atoms with van der Waals surface area (Å²) in [4.78, 5) is 37.2. The number of hydrogen-bond acceptors (Lipinski definition) is 4. The molecule has 2 aliphatic rings. The number of fused-ring (bicyclic) bond motifs is 1. The van der Waals surface area contributed by atoms with Gasteiger partial charge >= 0.3 is 0 Å². The maximum absolute atomic E-state index is 12.4. The summed E-state index contributed by atoms with van der Waals surface area (Å²) in [5.41, 5.74) is 2.24. The highest BCUT2D eigenvalue weighted by Crippen LogP contribution is 2.37. The summed E-state index contributed by atoms with van der Waals surface area (Å²) in [6.45, 7) is 0. The zero-order valence-electron chi connectivity index (χ0n) is 11.2. The second-order valence-electron chi connectivity index (χ2n) is 5.16.